The summed E-state index contributed by atoms with van der Waals surface area (Å²) in [5.41, 5.74) is 0.960. The molecule has 3 fully saturated rings. The Hall–Kier alpha value is -2.48. The molecule has 4 atom stereocenters. The van der Waals surface area contributed by atoms with Gasteiger partial charge in [0.2, 0.25) is 17.7 Å². The predicted molar refractivity (Wildman–Crippen MR) is 117 cm³/mol. The van der Waals surface area contributed by atoms with E-state index in [9.17, 15) is 18.8 Å². The van der Waals surface area contributed by atoms with Crippen molar-refractivity contribution in [3.63, 3.8) is 0 Å². The molecule has 4 aliphatic heterocycles. The maximum absolute atomic E-state index is 13.8. The van der Waals surface area contributed by atoms with Gasteiger partial charge in [0.05, 0.1) is 28.2 Å². The molecule has 0 aromatic heterocycles. The fourth-order valence-corrected chi connectivity index (χ4v) is 6.60. The Bertz CT molecular complexity index is 1250. The Morgan fingerprint density at radius 2 is 1.88 bits per heavy atom. The van der Waals surface area contributed by atoms with Crippen LogP contribution in [-0.2, 0) is 19.9 Å². The van der Waals surface area contributed by atoms with Crippen molar-refractivity contribution in [3.8, 4) is 0 Å². The van der Waals surface area contributed by atoms with Crippen LogP contribution in [0.2, 0.25) is 10.0 Å². The van der Waals surface area contributed by atoms with Gasteiger partial charge >= 0.3 is 0 Å². The minimum absolute atomic E-state index is 0.174. The Balaban J connectivity index is 1.56. The molecule has 6 nitrogen and oxygen atoms in total. The van der Waals surface area contributed by atoms with Crippen LogP contribution in [0.15, 0.2) is 30.3 Å². The summed E-state index contributed by atoms with van der Waals surface area (Å²) in [6.07, 6.45) is 1.55. The SMILES string of the molecule is Cc1c(Cl)ccc2c1NC(=O)[C@@]21[C@@H]2C(=O)N(c3ccc(F)c(Cl)c3)C(=O)[C@@H]2[C@H]2CCCN21. The molecule has 3 saturated heterocycles. The number of hydrogen-bond acceptors (Lipinski definition) is 4. The van der Waals surface area contributed by atoms with E-state index in [1.165, 1.54) is 12.1 Å². The summed E-state index contributed by atoms with van der Waals surface area (Å²) in [6.45, 7) is 2.44. The zero-order valence-corrected chi connectivity index (χ0v) is 18.5. The minimum atomic E-state index is -1.28. The average Bonchev–Trinajstić information content (AvgIpc) is 3.46. The first kappa shape index (κ1) is 20.1. The normalized spacial score (nSPS) is 30.8. The largest absolute Gasteiger partial charge is 0.324 e. The van der Waals surface area contributed by atoms with Crippen molar-refractivity contribution in [2.24, 2.45) is 11.8 Å². The zero-order valence-electron chi connectivity index (χ0n) is 17.0. The van der Waals surface area contributed by atoms with Crippen molar-refractivity contribution in [1.82, 2.24) is 4.90 Å². The van der Waals surface area contributed by atoms with Crippen LogP contribution >= 0.6 is 23.2 Å². The van der Waals surface area contributed by atoms with Crippen molar-refractivity contribution in [2.75, 3.05) is 16.8 Å². The molecule has 3 amide bonds. The van der Waals surface area contributed by atoms with Gasteiger partial charge in [0.15, 0.2) is 0 Å². The highest BCUT2D eigenvalue weighted by Gasteiger charge is 2.74. The third-order valence-electron chi connectivity index (χ3n) is 7.52. The first-order chi connectivity index (χ1) is 15.3. The Labute approximate surface area is 193 Å². The van der Waals surface area contributed by atoms with Crippen molar-refractivity contribution in [1.29, 1.82) is 0 Å². The van der Waals surface area contributed by atoms with Gasteiger partial charge in [0.25, 0.3) is 0 Å². The molecule has 32 heavy (non-hydrogen) atoms. The molecule has 9 heteroatoms. The number of fused-ring (bicyclic) bond motifs is 7. The van der Waals surface area contributed by atoms with Gasteiger partial charge in [-0.2, -0.15) is 0 Å². The first-order valence-electron chi connectivity index (χ1n) is 10.5. The van der Waals surface area contributed by atoms with E-state index in [0.717, 1.165) is 29.4 Å². The van der Waals surface area contributed by atoms with Crippen molar-refractivity contribution >= 4 is 52.3 Å². The van der Waals surface area contributed by atoms with Crippen LogP contribution in [0.1, 0.15) is 24.0 Å². The van der Waals surface area contributed by atoms with E-state index in [1.807, 2.05) is 11.8 Å². The Kier molecular flexibility index (Phi) is 4.11. The van der Waals surface area contributed by atoms with Gasteiger partial charge < -0.3 is 5.32 Å². The number of anilines is 2. The Morgan fingerprint density at radius 3 is 2.62 bits per heavy atom. The van der Waals surface area contributed by atoms with E-state index in [2.05, 4.69) is 5.32 Å². The van der Waals surface area contributed by atoms with E-state index >= 15 is 0 Å². The van der Waals surface area contributed by atoms with Gasteiger partial charge in [-0.25, -0.2) is 9.29 Å². The van der Waals surface area contributed by atoms with Crippen molar-refractivity contribution in [2.45, 2.75) is 31.3 Å². The second kappa shape index (κ2) is 6.53. The highest BCUT2D eigenvalue weighted by molar-refractivity contribution is 6.33. The smallest absolute Gasteiger partial charge is 0.250 e. The molecule has 164 valence electrons. The lowest BCUT2D eigenvalue weighted by molar-refractivity contribution is -0.135. The van der Waals surface area contributed by atoms with Crippen molar-refractivity contribution < 1.29 is 18.8 Å². The molecule has 1 N–H and O–H groups in total. The van der Waals surface area contributed by atoms with Crippen LogP contribution in [-0.4, -0.2) is 35.2 Å². The van der Waals surface area contributed by atoms with E-state index < -0.39 is 29.1 Å². The summed E-state index contributed by atoms with van der Waals surface area (Å²) in [6, 6.07) is 7.06. The highest BCUT2D eigenvalue weighted by atomic mass is 35.5. The van der Waals surface area contributed by atoms with Gasteiger partial charge in [-0.1, -0.05) is 29.3 Å². The van der Waals surface area contributed by atoms with Crippen LogP contribution in [0.5, 0.6) is 0 Å². The minimum Gasteiger partial charge on any atom is -0.324 e. The average molecular weight is 474 g/mol. The lowest BCUT2D eigenvalue weighted by atomic mass is 9.75. The van der Waals surface area contributed by atoms with Gasteiger partial charge in [0, 0.05) is 16.6 Å². The number of carbonyl (C=O) groups excluding carboxylic acids is 3. The number of nitrogens with zero attached hydrogens (tertiary/aromatic N) is 2. The molecule has 4 aliphatic rings. The van der Waals surface area contributed by atoms with Gasteiger partial charge in [-0.15, -0.1) is 0 Å². The van der Waals surface area contributed by atoms with E-state index in [0.29, 0.717) is 22.8 Å². The summed E-state index contributed by atoms with van der Waals surface area (Å²) in [5.74, 6) is -3.33. The zero-order chi connectivity index (χ0) is 22.5. The van der Waals surface area contributed by atoms with Crippen LogP contribution in [0.25, 0.3) is 0 Å². The quantitative estimate of drug-likeness (QED) is 0.638. The summed E-state index contributed by atoms with van der Waals surface area (Å²) in [5, 5.41) is 3.30. The third kappa shape index (κ3) is 2.21. The van der Waals surface area contributed by atoms with Crippen molar-refractivity contribution in [3.05, 3.63) is 57.3 Å². The molecule has 0 radical (unpaired) electrons. The topological polar surface area (TPSA) is 69.7 Å². The number of nitrogens with one attached hydrogen (secondary N) is 1. The summed E-state index contributed by atoms with van der Waals surface area (Å²) in [7, 11) is 0. The first-order valence-corrected chi connectivity index (χ1v) is 11.2. The molecule has 0 unspecified atom stereocenters. The monoisotopic (exact) mass is 473 g/mol. The van der Waals surface area contributed by atoms with Crippen LogP contribution in [0.3, 0.4) is 0 Å². The molecule has 6 rings (SSSR count). The van der Waals surface area contributed by atoms with Gasteiger partial charge in [0.1, 0.15) is 11.4 Å². The molecular weight excluding hydrogens is 456 g/mol. The highest BCUT2D eigenvalue weighted by Crippen LogP contribution is 2.61. The number of halogens is 3. The lowest BCUT2D eigenvalue weighted by Crippen LogP contribution is -2.54. The molecule has 0 saturated carbocycles. The summed E-state index contributed by atoms with van der Waals surface area (Å²) >= 11 is 12.2. The van der Waals surface area contributed by atoms with E-state index in [-0.39, 0.29) is 28.6 Å². The van der Waals surface area contributed by atoms with Gasteiger partial charge in [-0.3, -0.25) is 19.3 Å². The summed E-state index contributed by atoms with van der Waals surface area (Å²) in [4.78, 5) is 44.2. The molecule has 2 aromatic rings. The van der Waals surface area contributed by atoms with Crippen LogP contribution < -0.4 is 10.2 Å². The molecule has 4 heterocycles. The predicted octanol–water partition coefficient (Wildman–Crippen LogP) is 3.87. The molecule has 2 aromatic carbocycles. The van der Waals surface area contributed by atoms with E-state index in [4.69, 9.17) is 23.2 Å². The summed E-state index contributed by atoms with van der Waals surface area (Å²) < 4.78 is 13.7. The third-order valence-corrected chi connectivity index (χ3v) is 8.22. The number of benzene rings is 2. The van der Waals surface area contributed by atoms with E-state index in [1.54, 1.807) is 12.1 Å². The molecule has 0 aliphatic carbocycles. The number of carbonyl (C=O) groups is 3. The number of hydrogen-bond donors (Lipinski definition) is 1. The number of amides is 3. The van der Waals surface area contributed by atoms with Gasteiger partial charge in [-0.05, 0) is 56.1 Å². The fourth-order valence-electron chi connectivity index (χ4n) is 6.27. The number of imide groups is 1. The molecular formula is C23H18Cl2FN3O3. The fraction of sp³-hybridized carbons (Fsp3) is 0.348. The maximum Gasteiger partial charge on any atom is 0.250 e. The van der Waals surface area contributed by atoms with Crippen LogP contribution in [0, 0.1) is 24.6 Å². The van der Waals surface area contributed by atoms with Crippen LogP contribution in [0.4, 0.5) is 15.8 Å². The maximum atomic E-state index is 13.8. The number of rotatable bonds is 1. The Morgan fingerprint density at radius 1 is 1.09 bits per heavy atom. The lowest BCUT2D eigenvalue weighted by Gasteiger charge is -2.36. The molecule has 0 bridgehead atoms. The second-order valence-corrected chi connectivity index (χ2v) is 9.65. The second-order valence-electron chi connectivity index (χ2n) is 8.83. The standard InChI is InChI=1S/C23H18Cl2FN3O3/c1-10-13(24)6-5-12-19(10)27-22(32)23(12)18-17(16-3-2-8-28(16)23)20(30)29(21(18)31)11-4-7-15(26)14(25)9-11/h4-7,9,16-18H,2-3,8H2,1H3,(H,27,32)/t16-,17-,18+,23+/m1/s1. The molecule has 1 spiro atoms.